The molecule has 122 valence electrons. The summed E-state index contributed by atoms with van der Waals surface area (Å²) in [5.41, 5.74) is 3.01. The molecule has 2 aromatic heterocycles. The first-order chi connectivity index (χ1) is 11.1. The van der Waals surface area contributed by atoms with Crippen LogP contribution in [-0.2, 0) is 16.1 Å². The molecule has 1 atom stereocenters. The lowest BCUT2D eigenvalue weighted by atomic mass is 10.1. The van der Waals surface area contributed by atoms with Crippen LogP contribution in [0.5, 0.6) is 0 Å². The molecule has 1 aliphatic heterocycles. The van der Waals surface area contributed by atoms with Gasteiger partial charge in [0.1, 0.15) is 6.10 Å². The number of rotatable bonds is 4. The van der Waals surface area contributed by atoms with E-state index in [-0.39, 0.29) is 12.0 Å². The van der Waals surface area contributed by atoms with Crippen LogP contribution in [0, 0.1) is 13.8 Å². The van der Waals surface area contributed by atoms with Crippen LogP contribution in [0.4, 0.5) is 0 Å². The summed E-state index contributed by atoms with van der Waals surface area (Å²) in [5.74, 6) is 0.150. The van der Waals surface area contributed by atoms with Crippen molar-refractivity contribution in [1.82, 2.24) is 19.7 Å². The molecule has 6 heteroatoms. The Hall–Kier alpha value is -2.21. The number of aromatic nitrogens is 3. The van der Waals surface area contributed by atoms with E-state index in [2.05, 4.69) is 10.1 Å². The van der Waals surface area contributed by atoms with Gasteiger partial charge in [-0.1, -0.05) is 0 Å². The lowest BCUT2D eigenvalue weighted by Gasteiger charge is -2.33. The summed E-state index contributed by atoms with van der Waals surface area (Å²) in [7, 11) is 0. The van der Waals surface area contributed by atoms with Crippen LogP contribution in [0.15, 0.2) is 30.6 Å². The fraction of sp³-hybridized carbons (Fsp3) is 0.471. The van der Waals surface area contributed by atoms with Crippen molar-refractivity contribution >= 4 is 5.91 Å². The standard InChI is InChI=1S/C17H22N4O2/c1-13-4-7-21(19-13)8-5-17(22)20-9-10-23-16(12-20)15-3-6-18-14(2)11-15/h3-4,6-7,11,16H,5,8-10,12H2,1-2H3. The van der Waals surface area contributed by atoms with Crippen LogP contribution < -0.4 is 0 Å². The highest BCUT2D eigenvalue weighted by Gasteiger charge is 2.25. The Balaban J connectivity index is 1.58. The van der Waals surface area contributed by atoms with Crippen LogP contribution in [-0.4, -0.2) is 45.3 Å². The van der Waals surface area contributed by atoms with E-state index in [1.807, 2.05) is 47.8 Å². The molecule has 0 N–H and O–H groups in total. The molecule has 2 aromatic rings. The summed E-state index contributed by atoms with van der Waals surface area (Å²) in [4.78, 5) is 18.5. The molecule has 0 spiro atoms. The molecule has 0 bridgehead atoms. The number of hydrogen-bond donors (Lipinski definition) is 0. The van der Waals surface area contributed by atoms with Gasteiger partial charge in [-0.25, -0.2) is 0 Å². The quantitative estimate of drug-likeness (QED) is 0.864. The summed E-state index contributed by atoms with van der Waals surface area (Å²) in [5, 5.41) is 4.31. The Bertz CT molecular complexity index is 683. The first kappa shape index (κ1) is 15.7. The summed E-state index contributed by atoms with van der Waals surface area (Å²) >= 11 is 0. The number of pyridine rings is 1. The molecule has 0 saturated carbocycles. The van der Waals surface area contributed by atoms with E-state index in [0.29, 0.717) is 32.7 Å². The number of amides is 1. The van der Waals surface area contributed by atoms with Gasteiger partial charge in [0.25, 0.3) is 0 Å². The zero-order valence-corrected chi connectivity index (χ0v) is 13.6. The van der Waals surface area contributed by atoms with Crippen molar-refractivity contribution in [3.63, 3.8) is 0 Å². The Morgan fingerprint density at radius 3 is 2.96 bits per heavy atom. The molecule has 0 aliphatic carbocycles. The fourth-order valence-corrected chi connectivity index (χ4v) is 2.80. The molecule has 6 nitrogen and oxygen atoms in total. The minimum absolute atomic E-state index is 0.0682. The Morgan fingerprint density at radius 1 is 1.35 bits per heavy atom. The second-order valence-electron chi connectivity index (χ2n) is 5.90. The minimum atomic E-state index is -0.0682. The first-order valence-electron chi connectivity index (χ1n) is 7.94. The molecule has 1 fully saturated rings. The molecule has 23 heavy (non-hydrogen) atoms. The predicted molar refractivity (Wildman–Crippen MR) is 85.8 cm³/mol. The van der Waals surface area contributed by atoms with Crippen LogP contribution >= 0.6 is 0 Å². The highest BCUT2D eigenvalue weighted by Crippen LogP contribution is 2.22. The van der Waals surface area contributed by atoms with Crippen LogP contribution in [0.3, 0.4) is 0 Å². The zero-order chi connectivity index (χ0) is 16.2. The first-order valence-corrected chi connectivity index (χ1v) is 7.94. The Kier molecular flexibility index (Phi) is 4.71. The lowest BCUT2D eigenvalue weighted by Crippen LogP contribution is -2.42. The maximum atomic E-state index is 12.4. The largest absolute Gasteiger partial charge is 0.370 e. The number of hydrogen-bond acceptors (Lipinski definition) is 4. The second-order valence-corrected chi connectivity index (χ2v) is 5.90. The van der Waals surface area contributed by atoms with E-state index in [0.717, 1.165) is 17.0 Å². The number of aryl methyl sites for hydroxylation is 3. The lowest BCUT2D eigenvalue weighted by molar-refractivity contribution is -0.139. The molecular formula is C17H22N4O2. The zero-order valence-electron chi connectivity index (χ0n) is 13.6. The normalized spacial score (nSPS) is 18.2. The van der Waals surface area contributed by atoms with Gasteiger partial charge in [-0.15, -0.1) is 0 Å². The van der Waals surface area contributed by atoms with E-state index in [4.69, 9.17) is 4.74 Å². The molecule has 3 heterocycles. The molecule has 1 unspecified atom stereocenters. The Morgan fingerprint density at radius 2 is 2.22 bits per heavy atom. The highest BCUT2D eigenvalue weighted by molar-refractivity contribution is 5.76. The average Bonchev–Trinajstić information content (AvgIpc) is 2.98. The molecule has 1 aliphatic rings. The topological polar surface area (TPSA) is 60.2 Å². The molecule has 0 aromatic carbocycles. The number of ether oxygens (including phenoxy) is 1. The number of nitrogens with zero attached hydrogens (tertiary/aromatic N) is 4. The van der Waals surface area contributed by atoms with E-state index >= 15 is 0 Å². The molecular weight excluding hydrogens is 292 g/mol. The van der Waals surface area contributed by atoms with Crippen molar-refractivity contribution in [3.05, 3.63) is 47.5 Å². The van der Waals surface area contributed by atoms with Gasteiger partial charge in [-0.3, -0.25) is 14.5 Å². The number of morpholine rings is 1. The van der Waals surface area contributed by atoms with Crippen molar-refractivity contribution in [2.75, 3.05) is 19.7 Å². The van der Waals surface area contributed by atoms with Crippen molar-refractivity contribution < 1.29 is 9.53 Å². The summed E-state index contributed by atoms with van der Waals surface area (Å²) in [6, 6.07) is 5.92. The Labute approximate surface area is 136 Å². The molecule has 3 rings (SSSR count). The van der Waals surface area contributed by atoms with Gasteiger partial charge in [-0.05, 0) is 37.6 Å². The van der Waals surface area contributed by atoms with Crippen molar-refractivity contribution in [2.45, 2.75) is 32.9 Å². The van der Waals surface area contributed by atoms with Gasteiger partial charge >= 0.3 is 0 Å². The monoisotopic (exact) mass is 314 g/mol. The van der Waals surface area contributed by atoms with Crippen molar-refractivity contribution in [2.24, 2.45) is 0 Å². The third kappa shape index (κ3) is 3.96. The van der Waals surface area contributed by atoms with Crippen LogP contribution in [0.1, 0.15) is 29.5 Å². The summed E-state index contributed by atoms with van der Waals surface area (Å²) in [6.45, 7) is 6.34. The molecule has 1 saturated heterocycles. The maximum Gasteiger partial charge on any atom is 0.224 e. The molecule has 1 amide bonds. The van der Waals surface area contributed by atoms with Crippen LogP contribution in [0.2, 0.25) is 0 Å². The minimum Gasteiger partial charge on any atom is -0.370 e. The van der Waals surface area contributed by atoms with Gasteiger partial charge in [0.2, 0.25) is 5.91 Å². The average molecular weight is 314 g/mol. The SMILES string of the molecule is Cc1cc(C2CN(C(=O)CCn3ccc(C)n3)CCO2)ccn1. The third-order valence-electron chi connectivity index (χ3n) is 4.04. The second kappa shape index (κ2) is 6.91. The smallest absolute Gasteiger partial charge is 0.224 e. The van der Waals surface area contributed by atoms with Crippen molar-refractivity contribution in [1.29, 1.82) is 0 Å². The summed E-state index contributed by atoms with van der Waals surface area (Å²) < 4.78 is 7.64. The predicted octanol–water partition coefficient (Wildman–Crippen LogP) is 1.89. The van der Waals surface area contributed by atoms with Crippen molar-refractivity contribution in [3.8, 4) is 0 Å². The van der Waals surface area contributed by atoms with E-state index in [1.165, 1.54) is 0 Å². The summed E-state index contributed by atoms with van der Waals surface area (Å²) in [6.07, 6.45) is 4.09. The third-order valence-corrected chi connectivity index (χ3v) is 4.04. The number of carbonyl (C=O) groups excluding carboxylic acids is 1. The maximum absolute atomic E-state index is 12.4. The number of carbonyl (C=O) groups is 1. The van der Waals surface area contributed by atoms with Gasteiger partial charge < -0.3 is 9.64 Å². The van der Waals surface area contributed by atoms with E-state index in [1.54, 1.807) is 6.20 Å². The molecule has 0 radical (unpaired) electrons. The fourth-order valence-electron chi connectivity index (χ4n) is 2.80. The van der Waals surface area contributed by atoms with Gasteiger partial charge in [-0.2, -0.15) is 5.10 Å². The highest BCUT2D eigenvalue weighted by atomic mass is 16.5. The van der Waals surface area contributed by atoms with Gasteiger partial charge in [0, 0.05) is 37.6 Å². The van der Waals surface area contributed by atoms with Gasteiger partial charge in [0.05, 0.1) is 18.8 Å². The van der Waals surface area contributed by atoms with E-state index in [9.17, 15) is 4.79 Å². The van der Waals surface area contributed by atoms with Crippen LogP contribution in [0.25, 0.3) is 0 Å². The van der Waals surface area contributed by atoms with E-state index < -0.39 is 0 Å². The van der Waals surface area contributed by atoms with Gasteiger partial charge in [0.15, 0.2) is 0 Å².